The van der Waals surface area contributed by atoms with Gasteiger partial charge in [-0.2, -0.15) is 0 Å². The third-order valence-electron chi connectivity index (χ3n) is 8.87. The summed E-state index contributed by atoms with van der Waals surface area (Å²) < 4.78 is 5.74. The molecule has 4 nitrogen and oxygen atoms in total. The summed E-state index contributed by atoms with van der Waals surface area (Å²) in [7, 11) is 0. The summed E-state index contributed by atoms with van der Waals surface area (Å²) in [5.74, 6) is 0.286. The van der Waals surface area contributed by atoms with Gasteiger partial charge in [-0.3, -0.25) is 4.79 Å². The Bertz CT molecular complexity index is 979. The van der Waals surface area contributed by atoms with Gasteiger partial charge in [0.1, 0.15) is 28.2 Å². The predicted octanol–water partition coefficient (Wildman–Crippen LogP) is 12.3. The first kappa shape index (κ1) is 36.2. The number of phenolic OH excluding ortho intramolecular Hbond substituents is 2. The van der Waals surface area contributed by atoms with Crippen molar-refractivity contribution < 1.29 is 14.6 Å². The van der Waals surface area contributed by atoms with Crippen LogP contribution in [-0.2, 0) is 6.42 Å². The molecular formula is C38H64O4. The van der Waals surface area contributed by atoms with Crippen LogP contribution in [0, 0.1) is 0 Å². The first-order valence-electron chi connectivity index (χ1n) is 18.1. The van der Waals surface area contributed by atoms with E-state index in [0.29, 0.717) is 12.2 Å². The van der Waals surface area contributed by atoms with Crippen LogP contribution in [0.2, 0.25) is 0 Å². The van der Waals surface area contributed by atoms with Crippen LogP contribution in [0.5, 0.6) is 11.5 Å². The molecule has 2 N–H and O–H groups in total. The van der Waals surface area contributed by atoms with Crippen molar-refractivity contribution in [3.63, 3.8) is 0 Å². The number of aryl methyl sites for hydroxylation is 1. The Hall–Kier alpha value is -1.97. The maximum absolute atomic E-state index is 12.3. The molecule has 0 bridgehead atoms. The van der Waals surface area contributed by atoms with Gasteiger partial charge in [-0.1, -0.05) is 174 Å². The highest BCUT2D eigenvalue weighted by Gasteiger charge is 2.11. The number of fused-ring (bicyclic) bond motifs is 1. The van der Waals surface area contributed by atoms with Crippen LogP contribution >= 0.6 is 0 Å². The van der Waals surface area contributed by atoms with Gasteiger partial charge in [0.25, 0.3) is 0 Å². The van der Waals surface area contributed by atoms with Gasteiger partial charge >= 0.3 is 0 Å². The third kappa shape index (κ3) is 17.2. The Morgan fingerprint density at radius 3 is 1.24 bits per heavy atom. The summed E-state index contributed by atoms with van der Waals surface area (Å²) in [5, 5.41) is 19.7. The molecule has 0 unspecified atom stereocenters. The third-order valence-corrected chi connectivity index (χ3v) is 8.87. The fourth-order valence-electron chi connectivity index (χ4n) is 6.22. The maximum Gasteiger partial charge on any atom is 0.196 e. The average Bonchev–Trinajstić information content (AvgIpc) is 2.96. The molecule has 2 rings (SSSR count). The molecule has 4 heteroatoms. The highest BCUT2D eigenvalue weighted by atomic mass is 16.3. The highest BCUT2D eigenvalue weighted by molar-refractivity contribution is 5.84. The summed E-state index contributed by atoms with van der Waals surface area (Å²) in [6, 6.07) is 4.03. The van der Waals surface area contributed by atoms with Crippen molar-refractivity contribution in [2.75, 3.05) is 0 Å². The van der Waals surface area contributed by atoms with Crippen molar-refractivity contribution in [3.8, 4) is 11.5 Å². The van der Waals surface area contributed by atoms with Gasteiger partial charge in [0.05, 0.1) is 0 Å². The molecule has 0 saturated heterocycles. The van der Waals surface area contributed by atoms with Gasteiger partial charge in [0, 0.05) is 24.6 Å². The molecule has 0 aliphatic carbocycles. The lowest BCUT2D eigenvalue weighted by molar-refractivity contribution is 0.449. The van der Waals surface area contributed by atoms with Crippen LogP contribution in [0.1, 0.15) is 186 Å². The Morgan fingerprint density at radius 1 is 0.500 bits per heavy atom. The summed E-state index contributed by atoms with van der Waals surface area (Å²) in [6.45, 7) is 2.29. The number of hydrogen-bond donors (Lipinski definition) is 2. The molecule has 0 atom stereocenters. The van der Waals surface area contributed by atoms with E-state index in [4.69, 9.17) is 4.42 Å². The lowest BCUT2D eigenvalue weighted by Crippen LogP contribution is -2.02. The molecular weight excluding hydrogens is 520 g/mol. The minimum atomic E-state index is -0.256. The average molecular weight is 585 g/mol. The van der Waals surface area contributed by atoms with Gasteiger partial charge in [-0.05, 0) is 6.42 Å². The molecule has 0 fully saturated rings. The fraction of sp³-hybridized carbons (Fsp3) is 0.763. The van der Waals surface area contributed by atoms with Crippen LogP contribution in [0.3, 0.4) is 0 Å². The van der Waals surface area contributed by atoms with Gasteiger partial charge < -0.3 is 14.6 Å². The Labute approximate surface area is 257 Å². The second-order valence-electron chi connectivity index (χ2n) is 12.9. The van der Waals surface area contributed by atoms with Crippen molar-refractivity contribution in [2.24, 2.45) is 0 Å². The minimum absolute atomic E-state index is 0.101. The van der Waals surface area contributed by atoms with E-state index < -0.39 is 0 Å². The monoisotopic (exact) mass is 584 g/mol. The first-order chi connectivity index (χ1) is 20.6. The number of unbranched alkanes of at least 4 members (excludes halogenated alkanes) is 26. The van der Waals surface area contributed by atoms with E-state index in [2.05, 4.69) is 6.92 Å². The van der Waals surface area contributed by atoms with Crippen molar-refractivity contribution in [1.29, 1.82) is 0 Å². The van der Waals surface area contributed by atoms with Gasteiger partial charge in [0.15, 0.2) is 5.43 Å². The maximum atomic E-state index is 12.3. The van der Waals surface area contributed by atoms with Crippen LogP contribution in [0.25, 0.3) is 11.0 Å². The molecule has 2 aromatic rings. The molecule has 42 heavy (non-hydrogen) atoms. The number of rotatable bonds is 28. The van der Waals surface area contributed by atoms with Crippen molar-refractivity contribution >= 4 is 11.0 Å². The van der Waals surface area contributed by atoms with Crippen molar-refractivity contribution in [2.45, 2.75) is 187 Å². The van der Waals surface area contributed by atoms with E-state index in [-0.39, 0.29) is 27.9 Å². The second-order valence-corrected chi connectivity index (χ2v) is 12.9. The Morgan fingerprint density at radius 2 is 0.857 bits per heavy atom. The summed E-state index contributed by atoms with van der Waals surface area (Å²) in [4.78, 5) is 12.3. The van der Waals surface area contributed by atoms with Crippen LogP contribution in [0.15, 0.2) is 27.4 Å². The molecule has 1 heterocycles. The van der Waals surface area contributed by atoms with E-state index in [1.165, 1.54) is 179 Å². The van der Waals surface area contributed by atoms with Crippen LogP contribution in [-0.4, -0.2) is 10.2 Å². The normalized spacial score (nSPS) is 11.5. The number of phenols is 2. The predicted molar refractivity (Wildman–Crippen MR) is 180 cm³/mol. The Balaban J connectivity index is 1.27. The van der Waals surface area contributed by atoms with Crippen molar-refractivity contribution in [3.05, 3.63) is 34.2 Å². The van der Waals surface area contributed by atoms with Crippen LogP contribution in [0.4, 0.5) is 0 Å². The topological polar surface area (TPSA) is 70.7 Å². The van der Waals surface area contributed by atoms with E-state index in [9.17, 15) is 15.0 Å². The van der Waals surface area contributed by atoms with E-state index in [1.807, 2.05) is 0 Å². The molecule has 240 valence electrons. The number of aromatic hydroxyl groups is 2. The van der Waals surface area contributed by atoms with E-state index in [0.717, 1.165) is 12.8 Å². The molecule has 0 saturated carbocycles. The first-order valence-corrected chi connectivity index (χ1v) is 18.1. The smallest absolute Gasteiger partial charge is 0.196 e. The molecule has 0 spiro atoms. The molecule has 0 aliphatic heterocycles. The molecule has 1 aromatic heterocycles. The van der Waals surface area contributed by atoms with Gasteiger partial charge in [0.2, 0.25) is 0 Å². The molecule has 0 amide bonds. The highest BCUT2D eigenvalue weighted by Crippen LogP contribution is 2.28. The van der Waals surface area contributed by atoms with Crippen molar-refractivity contribution in [1.82, 2.24) is 0 Å². The second kappa shape index (κ2) is 24.5. The van der Waals surface area contributed by atoms with E-state index >= 15 is 0 Å². The Kier molecular flexibility index (Phi) is 21.1. The quantitative estimate of drug-likeness (QED) is 0.0976. The summed E-state index contributed by atoms with van der Waals surface area (Å²) in [6.07, 6.45) is 38.2. The van der Waals surface area contributed by atoms with Gasteiger partial charge in [-0.25, -0.2) is 0 Å². The summed E-state index contributed by atoms with van der Waals surface area (Å²) >= 11 is 0. The fourth-order valence-corrected chi connectivity index (χ4v) is 6.22. The van der Waals surface area contributed by atoms with Gasteiger partial charge in [-0.15, -0.1) is 0 Å². The SMILES string of the molecule is CCCCCCCCCCCCCCCCCCCCCCCCCCCCCc1cc(=O)c2c(O)cc(O)cc2o1. The zero-order valence-electron chi connectivity index (χ0n) is 27.2. The molecule has 0 aliphatic rings. The zero-order valence-corrected chi connectivity index (χ0v) is 27.2. The minimum Gasteiger partial charge on any atom is -0.508 e. The number of benzene rings is 1. The largest absolute Gasteiger partial charge is 0.508 e. The lowest BCUT2D eigenvalue weighted by atomic mass is 10.0. The lowest BCUT2D eigenvalue weighted by Gasteiger charge is -2.06. The molecule has 0 radical (unpaired) electrons. The van der Waals surface area contributed by atoms with E-state index in [1.54, 1.807) is 0 Å². The standard InChI is InChI=1S/C38H64O4/c1-2-3-4-5-6-7-8-9-10-11-12-13-14-15-16-17-18-19-20-21-22-23-24-25-26-27-28-29-34-32-36(41)38-35(40)30-33(39)31-37(38)42-34/h30-32,39-40H,2-29H2,1H3. The number of hydrogen-bond acceptors (Lipinski definition) is 4. The summed E-state index contributed by atoms with van der Waals surface area (Å²) in [5.41, 5.74) is -0.00574. The zero-order chi connectivity index (χ0) is 30.1. The van der Waals surface area contributed by atoms with Crippen LogP contribution < -0.4 is 5.43 Å². The molecule has 1 aromatic carbocycles.